The van der Waals surface area contributed by atoms with E-state index in [1.807, 2.05) is 6.08 Å². The highest BCUT2D eigenvalue weighted by Gasteiger charge is 2.17. The Bertz CT molecular complexity index is 1340. The first kappa shape index (κ1) is 20.2. The summed E-state index contributed by atoms with van der Waals surface area (Å²) in [4.78, 5) is 4.82. The summed E-state index contributed by atoms with van der Waals surface area (Å²) in [6.45, 7) is 6.69. The average molecular weight is 461 g/mol. The molecular formula is C24H20N4S3. The number of rotatable bonds is 7. The van der Waals surface area contributed by atoms with Crippen molar-refractivity contribution in [1.29, 1.82) is 0 Å². The number of allylic oxidation sites excluding steroid dienone is 1. The van der Waals surface area contributed by atoms with Crippen molar-refractivity contribution < 1.29 is 0 Å². The number of benzene rings is 2. The van der Waals surface area contributed by atoms with Gasteiger partial charge in [0.15, 0.2) is 11.0 Å². The van der Waals surface area contributed by atoms with Crippen LogP contribution in [0.4, 0.5) is 0 Å². The molecule has 0 saturated heterocycles. The van der Waals surface area contributed by atoms with E-state index in [-0.39, 0.29) is 0 Å². The molecule has 0 amide bonds. The molecule has 0 unspecified atom stereocenters. The minimum atomic E-state index is 0.667. The van der Waals surface area contributed by atoms with Crippen LogP contribution in [0, 0.1) is 6.92 Å². The van der Waals surface area contributed by atoms with Crippen LogP contribution in [0.1, 0.15) is 11.3 Å². The van der Waals surface area contributed by atoms with E-state index in [1.165, 1.54) is 15.6 Å². The lowest BCUT2D eigenvalue weighted by Crippen LogP contribution is -2.00. The minimum Gasteiger partial charge on any atom is -0.298 e. The largest absolute Gasteiger partial charge is 0.298 e. The lowest BCUT2D eigenvalue weighted by Gasteiger charge is -2.06. The van der Waals surface area contributed by atoms with E-state index >= 15 is 0 Å². The van der Waals surface area contributed by atoms with Crippen molar-refractivity contribution in [3.05, 3.63) is 83.2 Å². The molecule has 0 bridgehead atoms. The zero-order chi connectivity index (χ0) is 21.2. The van der Waals surface area contributed by atoms with Crippen LogP contribution < -0.4 is 0 Å². The fourth-order valence-electron chi connectivity index (χ4n) is 3.38. The lowest BCUT2D eigenvalue weighted by molar-refractivity contribution is 0.731. The summed E-state index contributed by atoms with van der Waals surface area (Å²) in [6.07, 6.45) is 1.89. The highest BCUT2D eigenvalue weighted by Crippen LogP contribution is 2.35. The highest BCUT2D eigenvalue weighted by molar-refractivity contribution is 7.98. The van der Waals surface area contributed by atoms with E-state index in [2.05, 4.69) is 87.6 Å². The molecule has 0 aliphatic heterocycles. The van der Waals surface area contributed by atoms with Gasteiger partial charge in [0, 0.05) is 44.3 Å². The van der Waals surface area contributed by atoms with E-state index in [1.54, 1.807) is 34.4 Å². The molecule has 5 aromatic rings. The van der Waals surface area contributed by atoms with Crippen molar-refractivity contribution in [3.63, 3.8) is 0 Å². The molecule has 154 valence electrons. The van der Waals surface area contributed by atoms with Gasteiger partial charge in [-0.05, 0) is 13.0 Å². The molecule has 0 spiro atoms. The number of fused-ring (bicyclic) bond motifs is 1. The Morgan fingerprint density at radius 2 is 1.87 bits per heavy atom. The van der Waals surface area contributed by atoms with Gasteiger partial charge in [-0.25, -0.2) is 4.98 Å². The van der Waals surface area contributed by atoms with Gasteiger partial charge in [-0.3, -0.25) is 4.57 Å². The third kappa shape index (κ3) is 4.08. The second-order valence-electron chi connectivity index (χ2n) is 7.15. The standard InChI is InChI=1S/C24H20N4S3/c1-3-12-28-22(20-15-29-21-7-5-4-6-19(20)21)26-27-24(28)31-14-18-13-30-23(25-18)17-10-8-16(2)9-11-17/h3-11,13,15H,1,12,14H2,2H3. The number of thiophene rings is 1. The summed E-state index contributed by atoms with van der Waals surface area (Å²) in [5.41, 5.74) is 4.60. The predicted molar refractivity (Wildman–Crippen MR) is 133 cm³/mol. The third-order valence-electron chi connectivity index (χ3n) is 4.95. The van der Waals surface area contributed by atoms with Gasteiger partial charge in [-0.2, -0.15) is 0 Å². The number of aryl methyl sites for hydroxylation is 1. The van der Waals surface area contributed by atoms with Crippen molar-refractivity contribution in [2.75, 3.05) is 0 Å². The Morgan fingerprint density at radius 3 is 2.71 bits per heavy atom. The molecule has 0 saturated carbocycles. The summed E-state index contributed by atoms with van der Waals surface area (Å²) in [6, 6.07) is 16.9. The molecule has 3 heterocycles. The van der Waals surface area contributed by atoms with Gasteiger partial charge in [0.2, 0.25) is 0 Å². The van der Waals surface area contributed by atoms with Crippen molar-refractivity contribution in [2.24, 2.45) is 0 Å². The lowest BCUT2D eigenvalue weighted by atomic mass is 10.1. The van der Waals surface area contributed by atoms with Gasteiger partial charge in [0.25, 0.3) is 0 Å². The topological polar surface area (TPSA) is 43.6 Å². The van der Waals surface area contributed by atoms with Crippen LogP contribution in [0.2, 0.25) is 0 Å². The summed E-state index contributed by atoms with van der Waals surface area (Å²) in [5.74, 6) is 1.64. The quantitative estimate of drug-likeness (QED) is 0.192. The Hall–Kier alpha value is -2.74. The second kappa shape index (κ2) is 8.78. The molecule has 3 aromatic heterocycles. The number of thiazole rings is 1. The molecular weight excluding hydrogens is 440 g/mol. The highest BCUT2D eigenvalue weighted by atomic mass is 32.2. The molecule has 0 radical (unpaired) electrons. The van der Waals surface area contributed by atoms with Gasteiger partial charge < -0.3 is 0 Å². The molecule has 7 heteroatoms. The number of hydrogen-bond donors (Lipinski definition) is 0. The van der Waals surface area contributed by atoms with Gasteiger partial charge >= 0.3 is 0 Å². The molecule has 0 aliphatic carbocycles. The van der Waals surface area contributed by atoms with Gasteiger partial charge in [0.05, 0.1) is 5.69 Å². The predicted octanol–water partition coefficient (Wildman–Crippen LogP) is 7.07. The van der Waals surface area contributed by atoms with Gasteiger partial charge in [-0.15, -0.1) is 39.4 Å². The SMILES string of the molecule is C=CCn1c(SCc2csc(-c3ccc(C)cc3)n2)nnc1-c1csc2ccccc12. The normalized spacial score (nSPS) is 11.3. The van der Waals surface area contributed by atoms with E-state index in [4.69, 9.17) is 4.98 Å². The third-order valence-corrected chi connectivity index (χ3v) is 7.85. The molecule has 0 atom stereocenters. The second-order valence-corrected chi connectivity index (χ2v) is 9.86. The average Bonchev–Trinajstić information content (AvgIpc) is 3.51. The molecule has 31 heavy (non-hydrogen) atoms. The van der Waals surface area contributed by atoms with E-state index < -0.39 is 0 Å². The smallest absolute Gasteiger partial charge is 0.192 e. The number of hydrogen-bond acceptors (Lipinski definition) is 6. The van der Waals surface area contributed by atoms with Crippen molar-refractivity contribution >= 4 is 44.5 Å². The van der Waals surface area contributed by atoms with Crippen LogP contribution in [-0.2, 0) is 12.3 Å². The summed E-state index contributed by atoms with van der Waals surface area (Å²) in [7, 11) is 0. The molecule has 2 aromatic carbocycles. The van der Waals surface area contributed by atoms with E-state index in [0.29, 0.717) is 6.54 Å². The first-order chi connectivity index (χ1) is 15.2. The monoisotopic (exact) mass is 460 g/mol. The Kier molecular flexibility index (Phi) is 5.72. The minimum absolute atomic E-state index is 0.667. The molecule has 0 N–H and O–H groups in total. The molecule has 0 aliphatic rings. The Morgan fingerprint density at radius 1 is 1.03 bits per heavy atom. The van der Waals surface area contributed by atoms with Crippen molar-refractivity contribution in [2.45, 2.75) is 24.4 Å². The Balaban J connectivity index is 1.39. The zero-order valence-electron chi connectivity index (χ0n) is 17.0. The molecule has 5 rings (SSSR count). The number of nitrogens with zero attached hydrogens (tertiary/aromatic N) is 4. The van der Waals surface area contributed by atoms with Gasteiger partial charge in [-0.1, -0.05) is 65.9 Å². The fraction of sp³-hybridized carbons (Fsp3) is 0.125. The first-order valence-electron chi connectivity index (χ1n) is 9.88. The van der Waals surface area contributed by atoms with E-state index in [9.17, 15) is 0 Å². The van der Waals surface area contributed by atoms with Crippen LogP contribution in [0.25, 0.3) is 32.0 Å². The number of thioether (sulfide) groups is 1. The summed E-state index contributed by atoms with van der Waals surface area (Å²) >= 11 is 5.08. The van der Waals surface area contributed by atoms with Crippen LogP contribution in [-0.4, -0.2) is 19.7 Å². The van der Waals surface area contributed by atoms with Crippen LogP contribution in [0.5, 0.6) is 0 Å². The first-order valence-corrected chi connectivity index (χ1v) is 12.6. The Labute approximate surface area is 193 Å². The molecule has 4 nitrogen and oxygen atoms in total. The maximum absolute atomic E-state index is 4.82. The summed E-state index contributed by atoms with van der Waals surface area (Å²) < 4.78 is 3.39. The van der Waals surface area contributed by atoms with Crippen molar-refractivity contribution in [3.8, 4) is 22.0 Å². The van der Waals surface area contributed by atoms with Crippen LogP contribution in [0.3, 0.4) is 0 Å². The van der Waals surface area contributed by atoms with Crippen LogP contribution >= 0.6 is 34.4 Å². The summed E-state index contributed by atoms with van der Waals surface area (Å²) in [5, 5.41) is 16.5. The maximum atomic E-state index is 4.82. The van der Waals surface area contributed by atoms with Crippen molar-refractivity contribution in [1.82, 2.24) is 19.7 Å². The maximum Gasteiger partial charge on any atom is 0.192 e. The van der Waals surface area contributed by atoms with E-state index in [0.717, 1.165) is 38.6 Å². The fourth-order valence-corrected chi connectivity index (χ4v) is 6.09. The number of aromatic nitrogens is 4. The zero-order valence-corrected chi connectivity index (χ0v) is 19.4. The molecule has 0 fully saturated rings. The van der Waals surface area contributed by atoms with Crippen LogP contribution in [0.15, 0.2) is 77.1 Å². The van der Waals surface area contributed by atoms with Gasteiger partial charge in [0.1, 0.15) is 5.01 Å².